The Hall–Kier alpha value is -2.41. The number of carbonyl (C=O) groups excluding carboxylic acids is 1. The predicted octanol–water partition coefficient (Wildman–Crippen LogP) is 3.36. The van der Waals surface area contributed by atoms with E-state index < -0.39 is 10.0 Å². The summed E-state index contributed by atoms with van der Waals surface area (Å²) in [6.45, 7) is 2.30. The number of halogens is 1. The van der Waals surface area contributed by atoms with Crippen LogP contribution < -0.4 is 9.62 Å². The van der Waals surface area contributed by atoms with Crippen LogP contribution in [0.15, 0.2) is 42.5 Å². The van der Waals surface area contributed by atoms with E-state index in [9.17, 15) is 17.6 Å². The molecule has 7 heteroatoms. The maximum Gasteiger partial charge on any atom is 0.232 e. The summed E-state index contributed by atoms with van der Waals surface area (Å²) >= 11 is 0. The molecule has 3 rings (SSSR count). The van der Waals surface area contributed by atoms with Gasteiger partial charge in [-0.1, -0.05) is 19.1 Å². The molecule has 1 aliphatic rings. The Bertz CT molecular complexity index is 942. The molecule has 2 aromatic rings. The number of carbonyl (C=O) groups is 1. The van der Waals surface area contributed by atoms with Gasteiger partial charge < -0.3 is 5.32 Å². The highest BCUT2D eigenvalue weighted by atomic mass is 32.2. The molecular formula is C20H23FN2O3S. The van der Waals surface area contributed by atoms with Crippen molar-refractivity contribution in [3.05, 3.63) is 59.4 Å². The lowest BCUT2D eigenvalue weighted by Gasteiger charge is -2.29. The molecule has 1 atom stereocenters. The molecule has 1 aliphatic heterocycles. The number of nitrogens with zero attached hydrogens (tertiary/aromatic N) is 1. The number of rotatable bonds is 5. The van der Waals surface area contributed by atoms with Crippen LogP contribution in [-0.4, -0.2) is 27.1 Å². The van der Waals surface area contributed by atoms with Crippen LogP contribution in [0.1, 0.15) is 24.5 Å². The molecule has 1 heterocycles. The number of hydrogen-bond donors (Lipinski definition) is 1. The van der Waals surface area contributed by atoms with E-state index in [1.807, 2.05) is 13.0 Å². The minimum atomic E-state index is -3.31. The summed E-state index contributed by atoms with van der Waals surface area (Å²) in [6.07, 6.45) is 3.24. The zero-order chi connectivity index (χ0) is 19.6. The third-order valence-electron chi connectivity index (χ3n) is 4.73. The number of hydrogen-bond acceptors (Lipinski definition) is 3. The second-order valence-corrected chi connectivity index (χ2v) is 8.91. The van der Waals surface area contributed by atoms with Gasteiger partial charge in [0, 0.05) is 18.2 Å². The first kappa shape index (κ1) is 19.4. The Kier molecular flexibility index (Phi) is 5.51. The van der Waals surface area contributed by atoms with Crippen molar-refractivity contribution in [3.8, 4) is 0 Å². The van der Waals surface area contributed by atoms with Gasteiger partial charge >= 0.3 is 0 Å². The third-order valence-corrected chi connectivity index (χ3v) is 5.91. The molecule has 1 amide bonds. The molecule has 1 N–H and O–H groups in total. The Morgan fingerprint density at radius 3 is 2.59 bits per heavy atom. The lowest BCUT2D eigenvalue weighted by atomic mass is 9.99. The van der Waals surface area contributed by atoms with E-state index in [4.69, 9.17) is 0 Å². The molecule has 0 aromatic heterocycles. The summed E-state index contributed by atoms with van der Waals surface area (Å²) in [4.78, 5) is 12.5. The SMILES string of the molecule is CC(Cc1ccc(F)cc1)C(=O)Nc1ccc2c(c1)CCCN2S(C)(=O)=O. The van der Waals surface area contributed by atoms with Crippen molar-refractivity contribution in [2.45, 2.75) is 26.2 Å². The zero-order valence-electron chi connectivity index (χ0n) is 15.4. The van der Waals surface area contributed by atoms with Gasteiger partial charge in [-0.25, -0.2) is 12.8 Å². The van der Waals surface area contributed by atoms with Crippen LogP contribution >= 0.6 is 0 Å². The van der Waals surface area contributed by atoms with Crippen molar-refractivity contribution in [1.29, 1.82) is 0 Å². The van der Waals surface area contributed by atoms with E-state index in [1.54, 1.807) is 24.3 Å². The maximum absolute atomic E-state index is 13.0. The molecule has 27 heavy (non-hydrogen) atoms. The van der Waals surface area contributed by atoms with E-state index in [-0.39, 0.29) is 17.6 Å². The van der Waals surface area contributed by atoms with E-state index in [0.29, 0.717) is 24.3 Å². The maximum atomic E-state index is 13.0. The Labute approximate surface area is 159 Å². The number of benzene rings is 2. The Morgan fingerprint density at radius 2 is 1.93 bits per heavy atom. The highest BCUT2D eigenvalue weighted by Gasteiger charge is 2.24. The van der Waals surface area contributed by atoms with Gasteiger partial charge in [0.25, 0.3) is 0 Å². The fraction of sp³-hybridized carbons (Fsp3) is 0.350. The van der Waals surface area contributed by atoms with E-state index >= 15 is 0 Å². The highest BCUT2D eigenvalue weighted by Crippen LogP contribution is 2.31. The van der Waals surface area contributed by atoms with Crippen LogP contribution in [0.4, 0.5) is 15.8 Å². The number of fused-ring (bicyclic) bond motifs is 1. The fourth-order valence-electron chi connectivity index (χ4n) is 3.32. The van der Waals surface area contributed by atoms with Gasteiger partial charge in [0.2, 0.25) is 15.9 Å². The van der Waals surface area contributed by atoms with Crippen LogP contribution in [0.2, 0.25) is 0 Å². The lowest BCUT2D eigenvalue weighted by molar-refractivity contribution is -0.119. The van der Waals surface area contributed by atoms with Crippen LogP contribution in [0.25, 0.3) is 0 Å². The molecule has 144 valence electrons. The first-order valence-electron chi connectivity index (χ1n) is 8.90. The van der Waals surface area contributed by atoms with Gasteiger partial charge in [-0.3, -0.25) is 9.10 Å². The monoisotopic (exact) mass is 390 g/mol. The van der Waals surface area contributed by atoms with Crippen LogP contribution in [-0.2, 0) is 27.7 Å². The quantitative estimate of drug-likeness (QED) is 0.851. The van der Waals surface area contributed by atoms with Crippen molar-refractivity contribution in [3.63, 3.8) is 0 Å². The van der Waals surface area contributed by atoms with Gasteiger partial charge in [0.15, 0.2) is 0 Å². The van der Waals surface area contributed by atoms with E-state index in [1.165, 1.54) is 22.7 Å². The number of nitrogens with one attached hydrogen (secondary N) is 1. The molecule has 0 bridgehead atoms. The van der Waals surface area contributed by atoms with E-state index in [2.05, 4.69) is 5.32 Å². The molecule has 0 saturated heterocycles. The normalized spacial score (nSPS) is 15.1. The second kappa shape index (κ2) is 7.68. The second-order valence-electron chi connectivity index (χ2n) is 7.00. The molecule has 0 aliphatic carbocycles. The van der Waals surface area contributed by atoms with Crippen LogP contribution in [0, 0.1) is 11.7 Å². The van der Waals surface area contributed by atoms with Crippen molar-refractivity contribution in [2.24, 2.45) is 5.92 Å². The van der Waals surface area contributed by atoms with Crippen molar-refractivity contribution < 1.29 is 17.6 Å². The van der Waals surface area contributed by atoms with Crippen molar-refractivity contribution >= 4 is 27.3 Å². The van der Waals surface area contributed by atoms with Crippen LogP contribution in [0.3, 0.4) is 0 Å². The van der Waals surface area contributed by atoms with Gasteiger partial charge in [-0.05, 0) is 60.7 Å². The average molecular weight is 390 g/mol. The number of sulfonamides is 1. The first-order chi connectivity index (χ1) is 12.7. The van der Waals surface area contributed by atoms with E-state index in [0.717, 1.165) is 24.0 Å². The minimum absolute atomic E-state index is 0.130. The summed E-state index contributed by atoms with van der Waals surface area (Å²) in [6, 6.07) is 11.4. The predicted molar refractivity (Wildman–Crippen MR) is 105 cm³/mol. The number of amides is 1. The molecule has 0 radical (unpaired) electrons. The fourth-order valence-corrected chi connectivity index (χ4v) is 4.31. The Balaban J connectivity index is 1.70. The lowest BCUT2D eigenvalue weighted by Crippen LogP contribution is -2.34. The van der Waals surface area contributed by atoms with Gasteiger partial charge in [0.1, 0.15) is 5.82 Å². The van der Waals surface area contributed by atoms with Crippen molar-refractivity contribution in [2.75, 3.05) is 22.4 Å². The standard InChI is InChI=1S/C20H23FN2O3S/c1-14(12-15-5-7-17(21)8-6-15)20(24)22-18-9-10-19-16(13-18)4-3-11-23(19)27(2,25)26/h5-10,13-14H,3-4,11-12H2,1-2H3,(H,22,24). The summed E-state index contributed by atoms with van der Waals surface area (Å²) in [5.74, 6) is -0.706. The molecule has 0 saturated carbocycles. The zero-order valence-corrected chi connectivity index (χ0v) is 16.2. The number of aryl methyl sites for hydroxylation is 1. The molecule has 2 aromatic carbocycles. The first-order valence-corrected chi connectivity index (χ1v) is 10.7. The molecule has 0 spiro atoms. The molecule has 1 unspecified atom stereocenters. The Morgan fingerprint density at radius 1 is 1.22 bits per heavy atom. The van der Waals surface area contributed by atoms with Crippen LogP contribution in [0.5, 0.6) is 0 Å². The smallest absolute Gasteiger partial charge is 0.232 e. The van der Waals surface area contributed by atoms with Crippen molar-refractivity contribution in [1.82, 2.24) is 0 Å². The topological polar surface area (TPSA) is 66.5 Å². The highest BCUT2D eigenvalue weighted by molar-refractivity contribution is 7.92. The largest absolute Gasteiger partial charge is 0.326 e. The summed E-state index contributed by atoms with van der Waals surface area (Å²) in [5, 5.41) is 2.90. The third kappa shape index (κ3) is 4.66. The van der Waals surface area contributed by atoms with Gasteiger partial charge in [-0.15, -0.1) is 0 Å². The summed E-state index contributed by atoms with van der Waals surface area (Å²) in [7, 11) is -3.31. The number of anilines is 2. The van der Waals surface area contributed by atoms with Gasteiger partial charge in [-0.2, -0.15) is 0 Å². The summed E-state index contributed by atoms with van der Waals surface area (Å²) in [5.41, 5.74) is 3.14. The molecule has 5 nitrogen and oxygen atoms in total. The molecule has 0 fully saturated rings. The van der Waals surface area contributed by atoms with Gasteiger partial charge in [0.05, 0.1) is 11.9 Å². The summed E-state index contributed by atoms with van der Waals surface area (Å²) < 4.78 is 38.3. The minimum Gasteiger partial charge on any atom is -0.326 e. The average Bonchev–Trinajstić information content (AvgIpc) is 2.62. The molecular weight excluding hydrogens is 367 g/mol.